The van der Waals surface area contributed by atoms with Crippen molar-refractivity contribution in [1.82, 2.24) is 4.98 Å². The first kappa shape index (κ1) is 11.6. The summed E-state index contributed by atoms with van der Waals surface area (Å²) in [5, 5.41) is 9.02. The molecule has 1 aromatic carbocycles. The monoisotopic (exact) mass is 233 g/mol. The van der Waals surface area contributed by atoms with Gasteiger partial charge in [-0.15, -0.1) is 0 Å². The molecule has 4 nitrogen and oxygen atoms in total. The molecule has 0 aliphatic heterocycles. The van der Waals surface area contributed by atoms with E-state index >= 15 is 0 Å². The molecule has 1 unspecified atom stereocenters. The zero-order valence-electron chi connectivity index (χ0n) is 9.93. The number of aromatic nitrogens is 1. The molecule has 1 N–H and O–H groups in total. The van der Waals surface area contributed by atoms with Gasteiger partial charge in [0.1, 0.15) is 5.52 Å². The molecule has 17 heavy (non-hydrogen) atoms. The molecular formula is C13H15NO3. The number of carboxylic acid groups (broad SMARTS) is 1. The lowest BCUT2D eigenvalue weighted by Gasteiger charge is -2.08. The van der Waals surface area contributed by atoms with E-state index in [0.717, 1.165) is 16.7 Å². The Morgan fingerprint density at radius 2 is 2.29 bits per heavy atom. The minimum Gasteiger partial charge on any atom is -0.481 e. The van der Waals surface area contributed by atoms with E-state index in [9.17, 15) is 4.79 Å². The number of hydrogen-bond acceptors (Lipinski definition) is 3. The van der Waals surface area contributed by atoms with Crippen LogP contribution in [0.2, 0.25) is 0 Å². The number of aliphatic carboxylic acids is 1. The van der Waals surface area contributed by atoms with Crippen LogP contribution in [-0.4, -0.2) is 16.1 Å². The standard InChI is InChI=1S/C13H15NO3/c1-3-10(13(15)16)6-9-4-5-11-12(7-9)17-8(2)14-11/h4-5,7,10H,3,6H2,1-2H3,(H,15,16). The zero-order chi connectivity index (χ0) is 12.4. The molecule has 90 valence electrons. The molecular weight excluding hydrogens is 218 g/mol. The third-order valence-corrected chi connectivity index (χ3v) is 2.88. The third-order valence-electron chi connectivity index (χ3n) is 2.88. The van der Waals surface area contributed by atoms with Crippen LogP contribution in [0.15, 0.2) is 22.6 Å². The lowest BCUT2D eigenvalue weighted by molar-refractivity contribution is -0.141. The minimum atomic E-state index is -0.749. The van der Waals surface area contributed by atoms with Crippen LogP contribution in [0.5, 0.6) is 0 Å². The summed E-state index contributed by atoms with van der Waals surface area (Å²) >= 11 is 0. The number of fused-ring (bicyclic) bond motifs is 1. The molecule has 0 radical (unpaired) electrons. The summed E-state index contributed by atoms with van der Waals surface area (Å²) < 4.78 is 5.43. The Morgan fingerprint density at radius 1 is 1.53 bits per heavy atom. The number of carbonyl (C=O) groups is 1. The van der Waals surface area contributed by atoms with E-state index in [4.69, 9.17) is 9.52 Å². The predicted octanol–water partition coefficient (Wildman–Crippen LogP) is 2.79. The van der Waals surface area contributed by atoms with E-state index in [-0.39, 0.29) is 5.92 Å². The molecule has 1 aromatic heterocycles. The maximum atomic E-state index is 11.0. The first-order valence-electron chi connectivity index (χ1n) is 5.69. The number of nitrogens with zero attached hydrogens (tertiary/aromatic N) is 1. The van der Waals surface area contributed by atoms with E-state index in [0.29, 0.717) is 18.7 Å². The smallest absolute Gasteiger partial charge is 0.306 e. The van der Waals surface area contributed by atoms with Crippen molar-refractivity contribution in [3.8, 4) is 0 Å². The molecule has 0 aliphatic carbocycles. The predicted molar refractivity (Wildman–Crippen MR) is 63.9 cm³/mol. The second kappa shape index (κ2) is 4.57. The third kappa shape index (κ3) is 2.46. The van der Waals surface area contributed by atoms with Gasteiger partial charge in [0.15, 0.2) is 11.5 Å². The number of rotatable bonds is 4. The molecule has 0 bridgehead atoms. The summed E-state index contributed by atoms with van der Waals surface area (Å²) in [5.74, 6) is -0.458. The SMILES string of the molecule is CCC(Cc1ccc2nc(C)oc2c1)C(=O)O. The topological polar surface area (TPSA) is 63.3 Å². The molecule has 0 saturated heterocycles. The molecule has 2 aromatic rings. The van der Waals surface area contributed by atoms with Crippen molar-refractivity contribution in [2.45, 2.75) is 26.7 Å². The maximum Gasteiger partial charge on any atom is 0.306 e. The summed E-state index contributed by atoms with van der Waals surface area (Å²) in [5.41, 5.74) is 2.51. The Balaban J connectivity index is 2.26. The molecule has 0 aliphatic rings. The summed E-state index contributed by atoms with van der Waals surface area (Å²) in [6.07, 6.45) is 1.16. The molecule has 0 fully saturated rings. The highest BCUT2D eigenvalue weighted by Gasteiger charge is 2.16. The lowest BCUT2D eigenvalue weighted by atomic mass is 9.97. The van der Waals surface area contributed by atoms with Gasteiger partial charge in [-0.05, 0) is 30.5 Å². The summed E-state index contributed by atoms with van der Waals surface area (Å²) in [6.45, 7) is 3.68. The largest absolute Gasteiger partial charge is 0.481 e. The van der Waals surface area contributed by atoms with Crippen LogP contribution in [0.4, 0.5) is 0 Å². The van der Waals surface area contributed by atoms with Gasteiger partial charge in [-0.3, -0.25) is 4.79 Å². The van der Waals surface area contributed by atoms with Crippen molar-refractivity contribution in [3.05, 3.63) is 29.7 Å². The van der Waals surface area contributed by atoms with Crippen molar-refractivity contribution < 1.29 is 14.3 Å². The summed E-state index contributed by atoms with van der Waals surface area (Å²) in [4.78, 5) is 15.2. The Bertz CT molecular complexity index is 545. The van der Waals surface area contributed by atoms with Crippen molar-refractivity contribution in [1.29, 1.82) is 0 Å². The number of carboxylic acids is 1. The molecule has 0 spiro atoms. The average molecular weight is 233 g/mol. The van der Waals surface area contributed by atoms with Gasteiger partial charge in [0.25, 0.3) is 0 Å². The van der Waals surface area contributed by atoms with Crippen LogP contribution in [-0.2, 0) is 11.2 Å². The highest BCUT2D eigenvalue weighted by molar-refractivity contribution is 5.74. The molecule has 0 saturated carbocycles. The fourth-order valence-electron chi connectivity index (χ4n) is 1.90. The van der Waals surface area contributed by atoms with Crippen LogP contribution in [0, 0.1) is 12.8 Å². The van der Waals surface area contributed by atoms with Crippen LogP contribution in [0.25, 0.3) is 11.1 Å². The molecule has 4 heteroatoms. The maximum absolute atomic E-state index is 11.0. The minimum absolute atomic E-state index is 0.337. The van der Waals surface area contributed by atoms with Gasteiger partial charge >= 0.3 is 5.97 Å². The van der Waals surface area contributed by atoms with Crippen molar-refractivity contribution in [2.75, 3.05) is 0 Å². The summed E-state index contributed by atoms with van der Waals surface area (Å²) in [6, 6.07) is 5.66. The highest BCUT2D eigenvalue weighted by Crippen LogP contribution is 2.20. The lowest BCUT2D eigenvalue weighted by Crippen LogP contribution is -2.15. The van der Waals surface area contributed by atoms with Gasteiger partial charge in [-0.1, -0.05) is 13.0 Å². The van der Waals surface area contributed by atoms with Crippen molar-refractivity contribution in [2.24, 2.45) is 5.92 Å². The average Bonchev–Trinajstić information content (AvgIpc) is 2.64. The van der Waals surface area contributed by atoms with Gasteiger partial charge in [-0.25, -0.2) is 4.98 Å². The van der Waals surface area contributed by atoms with Crippen LogP contribution >= 0.6 is 0 Å². The first-order chi connectivity index (χ1) is 8.10. The molecule has 1 atom stereocenters. The number of benzene rings is 1. The Hall–Kier alpha value is -1.84. The quantitative estimate of drug-likeness (QED) is 0.881. The number of aryl methyl sites for hydroxylation is 1. The van der Waals surface area contributed by atoms with Gasteiger partial charge in [0.05, 0.1) is 5.92 Å². The van der Waals surface area contributed by atoms with Crippen LogP contribution < -0.4 is 0 Å². The van der Waals surface area contributed by atoms with Crippen LogP contribution in [0.1, 0.15) is 24.8 Å². The van der Waals surface area contributed by atoms with E-state index < -0.39 is 5.97 Å². The summed E-state index contributed by atoms with van der Waals surface area (Å²) in [7, 11) is 0. The van der Waals surface area contributed by atoms with Crippen molar-refractivity contribution >= 4 is 17.1 Å². The van der Waals surface area contributed by atoms with Crippen molar-refractivity contribution in [3.63, 3.8) is 0 Å². The van der Waals surface area contributed by atoms with Gasteiger partial charge in [-0.2, -0.15) is 0 Å². The number of oxazole rings is 1. The molecule has 1 heterocycles. The molecule has 0 amide bonds. The Kier molecular flexibility index (Phi) is 3.13. The number of hydrogen-bond donors (Lipinski definition) is 1. The Labute approximate surface area is 99.3 Å². The second-order valence-electron chi connectivity index (χ2n) is 4.18. The second-order valence-corrected chi connectivity index (χ2v) is 4.18. The van der Waals surface area contributed by atoms with E-state index in [1.54, 1.807) is 6.92 Å². The van der Waals surface area contributed by atoms with E-state index in [1.165, 1.54) is 0 Å². The highest BCUT2D eigenvalue weighted by atomic mass is 16.4. The van der Waals surface area contributed by atoms with Crippen LogP contribution in [0.3, 0.4) is 0 Å². The Morgan fingerprint density at radius 3 is 2.94 bits per heavy atom. The van der Waals surface area contributed by atoms with Gasteiger partial charge in [0.2, 0.25) is 0 Å². The fraction of sp³-hybridized carbons (Fsp3) is 0.385. The van der Waals surface area contributed by atoms with E-state index in [1.807, 2.05) is 25.1 Å². The van der Waals surface area contributed by atoms with E-state index in [2.05, 4.69) is 4.98 Å². The van der Waals surface area contributed by atoms with Gasteiger partial charge in [0, 0.05) is 6.92 Å². The zero-order valence-corrected chi connectivity index (χ0v) is 9.93. The van der Waals surface area contributed by atoms with Gasteiger partial charge < -0.3 is 9.52 Å². The fourth-order valence-corrected chi connectivity index (χ4v) is 1.90. The normalized spacial score (nSPS) is 12.8. The molecule has 2 rings (SSSR count). The first-order valence-corrected chi connectivity index (χ1v) is 5.69.